The van der Waals surface area contributed by atoms with Crippen LogP contribution < -0.4 is 5.14 Å². The Morgan fingerprint density at radius 2 is 2.18 bits per heavy atom. The second-order valence-corrected chi connectivity index (χ2v) is 7.84. The van der Waals surface area contributed by atoms with E-state index in [-0.39, 0.29) is 4.90 Å². The summed E-state index contributed by atoms with van der Waals surface area (Å²) in [7, 11) is -3.71. The largest absolute Gasteiger partial charge is 0.319 e. The lowest BCUT2D eigenvalue weighted by Crippen LogP contribution is -2.11. The van der Waals surface area contributed by atoms with Gasteiger partial charge in [-0.2, -0.15) is 0 Å². The molecule has 120 valence electrons. The van der Waals surface area contributed by atoms with Crippen molar-refractivity contribution in [2.45, 2.75) is 43.3 Å². The van der Waals surface area contributed by atoms with Crippen molar-refractivity contribution in [3.05, 3.63) is 30.4 Å². The maximum Gasteiger partial charge on any atom is 0.238 e. The van der Waals surface area contributed by atoms with Crippen molar-refractivity contribution in [2.24, 2.45) is 5.14 Å². The number of fused-ring (bicyclic) bond motifs is 1. The van der Waals surface area contributed by atoms with Crippen molar-refractivity contribution in [3.8, 4) is 0 Å². The Balaban J connectivity index is 2.49. The fraction of sp³-hybridized carbons (Fsp3) is 0.400. The van der Waals surface area contributed by atoms with E-state index >= 15 is 0 Å². The summed E-state index contributed by atoms with van der Waals surface area (Å²) in [6.07, 6.45) is 2.13. The predicted octanol–water partition coefficient (Wildman–Crippen LogP) is 3.15. The second-order valence-electron chi connectivity index (χ2n) is 5.34. The van der Waals surface area contributed by atoms with E-state index in [0.29, 0.717) is 5.52 Å². The van der Waals surface area contributed by atoms with Crippen LogP contribution in [0.4, 0.5) is 0 Å². The maximum atomic E-state index is 11.5. The van der Waals surface area contributed by atoms with Crippen molar-refractivity contribution in [1.29, 1.82) is 0 Å². The molecule has 0 aliphatic carbocycles. The molecular weight excluding hydrogens is 318 g/mol. The molecule has 5 nitrogen and oxygen atoms in total. The Kier molecular flexibility index (Phi) is 5.31. The minimum Gasteiger partial charge on any atom is -0.319 e. The molecule has 2 aromatic rings. The van der Waals surface area contributed by atoms with E-state index < -0.39 is 10.0 Å². The molecule has 22 heavy (non-hydrogen) atoms. The highest BCUT2D eigenvalue weighted by Crippen LogP contribution is 2.27. The average molecular weight is 339 g/mol. The summed E-state index contributed by atoms with van der Waals surface area (Å²) in [4.78, 5) is 4.67. The fourth-order valence-corrected chi connectivity index (χ4v) is 3.51. The lowest BCUT2D eigenvalue weighted by atomic mass is 10.3. The SMILES string of the molecule is C=C(C)CSc1nc2cc(S(N)(=O)=O)ccc2n1CCCC. The molecule has 0 fully saturated rings. The molecule has 0 radical (unpaired) electrons. The number of sulfonamides is 1. The summed E-state index contributed by atoms with van der Waals surface area (Å²) < 4.78 is 25.1. The Bertz CT molecular complexity index is 794. The Morgan fingerprint density at radius 3 is 2.77 bits per heavy atom. The van der Waals surface area contributed by atoms with Gasteiger partial charge in [0.1, 0.15) is 0 Å². The number of benzene rings is 1. The van der Waals surface area contributed by atoms with Gasteiger partial charge in [0.05, 0.1) is 15.9 Å². The van der Waals surface area contributed by atoms with Crippen LogP contribution in [-0.2, 0) is 16.6 Å². The molecule has 0 atom stereocenters. The van der Waals surface area contributed by atoms with Gasteiger partial charge in [0, 0.05) is 12.3 Å². The Morgan fingerprint density at radius 1 is 1.45 bits per heavy atom. The summed E-state index contributed by atoms with van der Waals surface area (Å²) >= 11 is 1.62. The number of unbranched alkanes of at least 4 members (excludes halogenated alkanes) is 1. The van der Waals surface area contributed by atoms with Crippen molar-refractivity contribution in [1.82, 2.24) is 9.55 Å². The van der Waals surface area contributed by atoms with Crippen molar-refractivity contribution < 1.29 is 8.42 Å². The number of rotatable bonds is 7. The Labute approximate surface area is 135 Å². The summed E-state index contributed by atoms with van der Waals surface area (Å²) in [5.41, 5.74) is 2.67. The molecule has 0 saturated heterocycles. The van der Waals surface area contributed by atoms with Crippen LogP contribution in [0, 0.1) is 0 Å². The highest BCUT2D eigenvalue weighted by Gasteiger charge is 2.15. The first kappa shape index (κ1) is 17.1. The highest BCUT2D eigenvalue weighted by molar-refractivity contribution is 7.99. The molecule has 0 amide bonds. The van der Waals surface area contributed by atoms with Gasteiger partial charge in [-0.25, -0.2) is 18.5 Å². The number of nitrogens with two attached hydrogens (primary N) is 1. The molecule has 1 aromatic carbocycles. The number of thioether (sulfide) groups is 1. The lowest BCUT2D eigenvalue weighted by molar-refractivity contribution is 0.598. The van der Waals surface area contributed by atoms with Crippen LogP contribution in [0.15, 0.2) is 40.4 Å². The molecule has 0 bridgehead atoms. The number of imidazole rings is 1. The van der Waals surface area contributed by atoms with E-state index in [0.717, 1.165) is 41.4 Å². The van der Waals surface area contributed by atoms with E-state index in [2.05, 4.69) is 23.1 Å². The standard InChI is InChI=1S/C15H21N3O2S2/c1-4-5-8-18-14-7-6-12(22(16,19)20)9-13(14)17-15(18)21-10-11(2)3/h6-7,9H,2,4-5,8,10H2,1,3H3,(H2,16,19,20). The van der Waals surface area contributed by atoms with Gasteiger partial charge in [-0.05, 0) is 31.5 Å². The molecule has 2 N–H and O–H groups in total. The average Bonchev–Trinajstić information content (AvgIpc) is 2.78. The minimum absolute atomic E-state index is 0.0941. The van der Waals surface area contributed by atoms with E-state index in [1.165, 1.54) is 12.1 Å². The van der Waals surface area contributed by atoms with Gasteiger partial charge in [0.25, 0.3) is 0 Å². The topological polar surface area (TPSA) is 78.0 Å². The van der Waals surface area contributed by atoms with Gasteiger partial charge in [-0.15, -0.1) is 0 Å². The zero-order chi connectivity index (χ0) is 16.3. The molecule has 0 spiro atoms. The molecule has 2 rings (SSSR count). The van der Waals surface area contributed by atoms with E-state index in [1.807, 2.05) is 6.92 Å². The third-order valence-corrected chi connectivity index (χ3v) is 5.31. The van der Waals surface area contributed by atoms with Crippen LogP contribution in [0.1, 0.15) is 26.7 Å². The summed E-state index contributed by atoms with van der Waals surface area (Å²) in [5.74, 6) is 0.789. The van der Waals surface area contributed by atoms with Gasteiger partial charge in [-0.3, -0.25) is 0 Å². The minimum atomic E-state index is -3.71. The van der Waals surface area contributed by atoms with Gasteiger partial charge in [0.15, 0.2) is 5.16 Å². The molecule has 0 aliphatic rings. The van der Waals surface area contributed by atoms with Gasteiger partial charge >= 0.3 is 0 Å². The monoisotopic (exact) mass is 339 g/mol. The molecule has 0 saturated carbocycles. The third-order valence-electron chi connectivity index (χ3n) is 3.20. The number of aryl methyl sites for hydroxylation is 1. The molecule has 0 unspecified atom stereocenters. The van der Waals surface area contributed by atoms with Crippen molar-refractivity contribution in [3.63, 3.8) is 0 Å². The molecular formula is C15H21N3O2S2. The summed E-state index contributed by atoms with van der Waals surface area (Å²) in [6.45, 7) is 8.89. The maximum absolute atomic E-state index is 11.5. The van der Waals surface area contributed by atoms with E-state index in [1.54, 1.807) is 17.8 Å². The highest BCUT2D eigenvalue weighted by atomic mass is 32.2. The van der Waals surface area contributed by atoms with Crippen LogP contribution in [0.2, 0.25) is 0 Å². The zero-order valence-electron chi connectivity index (χ0n) is 12.9. The third kappa shape index (κ3) is 3.91. The first-order valence-electron chi connectivity index (χ1n) is 7.13. The zero-order valence-corrected chi connectivity index (χ0v) is 14.5. The normalized spacial score (nSPS) is 12.0. The molecule has 0 aliphatic heterocycles. The molecule has 7 heteroatoms. The predicted molar refractivity (Wildman–Crippen MR) is 91.6 cm³/mol. The summed E-state index contributed by atoms with van der Waals surface area (Å²) in [5, 5.41) is 6.08. The number of primary sulfonamides is 1. The molecule has 1 aromatic heterocycles. The number of hydrogen-bond donors (Lipinski definition) is 1. The Hall–Kier alpha value is -1.31. The van der Waals surface area contributed by atoms with Crippen LogP contribution in [0.25, 0.3) is 11.0 Å². The number of nitrogens with zero attached hydrogens (tertiary/aromatic N) is 2. The number of hydrogen-bond acceptors (Lipinski definition) is 4. The van der Waals surface area contributed by atoms with Gasteiger partial charge in [-0.1, -0.05) is 37.3 Å². The lowest BCUT2D eigenvalue weighted by Gasteiger charge is -2.08. The van der Waals surface area contributed by atoms with E-state index in [9.17, 15) is 8.42 Å². The fourth-order valence-electron chi connectivity index (χ4n) is 2.09. The van der Waals surface area contributed by atoms with Crippen molar-refractivity contribution in [2.75, 3.05) is 5.75 Å². The van der Waals surface area contributed by atoms with Crippen LogP contribution in [0.5, 0.6) is 0 Å². The quantitative estimate of drug-likeness (QED) is 0.621. The smallest absolute Gasteiger partial charge is 0.238 e. The van der Waals surface area contributed by atoms with Gasteiger partial charge in [0.2, 0.25) is 10.0 Å². The summed E-state index contributed by atoms with van der Waals surface area (Å²) in [6, 6.07) is 4.86. The molecule has 1 heterocycles. The van der Waals surface area contributed by atoms with Crippen molar-refractivity contribution >= 4 is 32.8 Å². The van der Waals surface area contributed by atoms with E-state index in [4.69, 9.17) is 5.14 Å². The number of aromatic nitrogens is 2. The second kappa shape index (κ2) is 6.85. The van der Waals surface area contributed by atoms with Crippen LogP contribution >= 0.6 is 11.8 Å². The van der Waals surface area contributed by atoms with Crippen LogP contribution in [-0.4, -0.2) is 23.7 Å². The first-order valence-corrected chi connectivity index (χ1v) is 9.66. The van der Waals surface area contributed by atoms with Crippen LogP contribution in [0.3, 0.4) is 0 Å². The first-order chi connectivity index (χ1) is 10.3. The van der Waals surface area contributed by atoms with Gasteiger partial charge < -0.3 is 4.57 Å².